The molecule has 1 fully saturated rings. The Bertz CT molecular complexity index is 840. The van der Waals surface area contributed by atoms with Crippen LogP contribution in [-0.4, -0.2) is 36.9 Å². The first-order valence-electron chi connectivity index (χ1n) is 9.67. The van der Waals surface area contributed by atoms with Gasteiger partial charge in [0.1, 0.15) is 6.61 Å². The van der Waals surface area contributed by atoms with Gasteiger partial charge in [0.05, 0.1) is 36.5 Å². The highest BCUT2D eigenvalue weighted by molar-refractivity contribution is 5.89. The topological polar surface area (TPSA) is 93.5 Å². The maximum atomic E-state index is 12.3. The molecule has 3 rings (SSSR count). The molecule has 0 amide bonds. The molecular weight excluding hydrogens is 370 g/mol. The number of azide groups is 1. The van der Waals surface area contributed by atoms with Gasteiger partial charge in [0.2, 0.25) is 0 Å². The summed E-state index contributed by atoms with van der Waals surface area (Å²) in [6.45, 7) is 4.31. The second-order valence-electron chi connectivity index (χ2n) is 7.16. The van der Waals surface area contributed by atoms with Gasteiger partial charge in [-0.3, -0.25) is 0 Å². The summed E-state index contributed by atoms with van der Waals surface area (Å²) in [5.74, 6) is -0.526. The molecule has 0 N–H and O–H groups in total. The fourth-order valence-electron chi connectivity index (χ4n) is 3.51. The van der Waals surface area contributed by atoms with Crippen LogP contribution in [-0.2, 0) is 20.8 Å². The highest BCUT2D eigenvalue weighted by Crippen LogP contribution is 2.31. The first-order valence-corrected chi connectivity index (χ1v) is 9.67. The number of hydrogen-bond donors (Lipinski definition) is 0. The zero-order valence-electron chi connectivity index (χ0n) is 16.5. The van der Waals surface area contributed by atoms with Crippen molar-refractivity contribution in [2.24, 2.45) is 11.0 Å². The maximum Gasteiger partial charge on any atom is 0.338 e. The number of nitrogens with zero attached hydrogens (tertiary/aromatic N) is 3. The Kier molecular flexibility index (Phi) is 7.25. The number of esters is 1. The number of carbonyl (C=O) groups is 1. The van der Waals surface area contributed by atoms with Crippen LogP contribution in [0.3, 0.4) is 0 Å². The number of benzene rings is 2. The fourth-order valence-corrected chi connectivity index (χ4v) is 3.51. The van der Waals surface area contributed by atoms with E-state index in [4.69, 9.17) is 19.7 Å². The molecule has 0 saturated carbocycles. The van der Waals surface area contributed by atoms with Crippen molar-refractivity contribution in [3.8, 4) is 0 Å². The Morgan fingerprint density at radius 2 is 1.76 bits per heavy atom. The van der Waals surface area contributed by atoms with Crippen molar-refractivity contribution in [2.75, 3.05) is 6.61 Å². The molecular formula is C22H25N3O4. The minimum Gasteiger partial charge on any atom is -0.459 e. The zero-order valence-corrected chi connectivity index (χ0v) is 16.5. The monoisotopic (exact) mass is 395 g/mol. The molecule has 7 nitrogen and oxygen atoms in total. The molecule has 3 unspecified atom stereocenters. The van der Waals surface area contributed by atoms with Crippen molar-refractivity contribution in [3.63, 3.8) is 0 Å². The Morgan fingerprint density at radius 1 is 1.10 bits per heavy atom. The second kappa shape index (κ2) is 10.1. The average molecular weight is 395 g/mol. The summed E-state index contributed by atoms with van der Waals surface area (Å²) < 4.78 is 17.6. The molecule has 5 atom stereocenters. The van der Waals surface area contributed by atoms with Crippen LogP contribution in [0.15, 0.2) is 65.8 Å². The summed E-state index contributed by atoms with van der Waals surface area (Å²) >= 11 is 0. The quantitative estimate of drug-likeness (QED) is 0.298. The summed E-state index contributed by atoms with van der Waals surface area (Å²) in [7, 11) is 0. The first-order chi connectivity index (χ1) is 14.1. The molecule has 152 valence electrons. The lowest BCUT2D eigenvalue weighted by Gasteiger charge is -2.42. The molecule has 2 aromatic carbocycles. The number of ether oxygens (including phenoxy) is 3. The zero-order chi connectivity index (χ0) is 20.6. The maximum absolute atomic E-state index is 12.3. The predicted octanol–water partition coefficient (Wildman–Crippen LogP) is 4.53. The second-order valence-corrected chi connectivity index (χ2v) is 7.16. The van der Waals surface area contributed by atoms with Crippen molar-refractivity contribution in [1.29, 1.82) is 0 Å². The molecule has 1 aliphatic heterocycles. The summed E-state index contributed by atoms with van der Waals surface area (Å²) in [4.78, 5) is 15.2. The van der Waals surface area contributed by atoms with Gasteiger partial charge in [0.25, 0.3) is 0 Å². The predicted molar refractivity (Wildman–Crippen MR) is 108 cm³/mol. The minimum absolute atomic E-state index is 0.105. The van der Waals surface area contributed by atoms with Gasteiger partial charge in [0, 0.05) is 10.8 Å². The SMILES string of the molecule is CC1OC(COC(=O)c2ccccc2)C(C)[C@@H](OCc2ccccc2)[C@@H]1N=[N+]=[N-]. The van der Waals surface area contributed by atoms with Crippen molar-refractivity contribution in [3.05, 3.63) is 82.2 Å². The van der Waals surface area contributed by atoms with Crippen molar-refractivity contribution in [2.45, 2.75) is 44.8 Å². The average Bonchev–Trinajstić information content (AvgIpc) is 2.76. The highest BCUT2D eigenvalue weighted by atomic mass is 16.6. The van der Waals surface area contributed by atoms with Gasteiger partial charge in [-0.25, -0.2) is 4.79 Å². The van der Waals surface area contributed by atoms with E-state index in [1.807, 2.05) is 50.2 Å². The molecule has 0 radical (unpaired) electrons. The summed E-state index contributed by atoms with van der Waals surface area (Å²) in [5.41, 5.74) is 10.5. The van der Waals surface area contributed by atoms with Crippen LogP contribution < -0.4 is 0 Å². The lowest BCUT2D eigenvalue weighted by molar-refractivity contribution is -0.169. The van der Waals surface area contributed by atoms with Crippen molar-refractivity contribution >= 4 is 5.97 Å². The van der Waals surface area contributed by atoms with Gasteiger partial charge >= 0.3 is 5.97 Å². The Hall–Kier alpha value is -2.86. The van der Waals surface area contributed by atoms with Gasteiger partial charge in [-0.05, 0) is 30.2 Å². The third kappa shape index (κ3) is 5.35. The summed E-state index contributed by atoms with van der Waals surface area (Å²) in [6.07, 6.45) is -1.07. The van der Waals surface area contributed by atoms with Crippen LogP contribution >= 0.6 is 0 Å². The van der Waals surface area contributed by atoms with E-state index in [0.717, 1.165) is 5.56 Å². The van der Waals surface area contributed by atoms with Gasteiger partial charge in [-0.15, -0.1) is 0 Å². The summed E-state index contributed by atoms with van der Waals surface area (Å²) in [5, 5.41) is 3.91. The van der Waals surface area contributed by atoms with Crippen molar-refractivity contribution in [1.82, 2.24) is 0 Å². The molecule has 1 heterocycles. The summed E-state index contributed by atoms with van der Waals surface area (Å²) in [6, 6.07) is 18.2. The standard InChI is InChI=1S/C22H25N3O4/c1-15-19(14-28-22(26)18-11-7-4-8-12-18)29-16(2)20(24-25-23)21(15)27-13-17-9-5-3-6-10-17/h3-12,15-16,19-21H,13-14H2,1-2H3/t15?,16?,19?,20-,21-/m1/s1. The molecule has 0 bridgehead atoms. The normalized spacial score (nSPS) is 26.3. The first kappa shape index (κ1) is 20.9. The largest absolute Gasteiger partial charge is 0.459 e. The van der Waals surface area contributed by atoms with Crippen LogP contribution in [0.1, 0.15) is 29.8 Å². The molecule has 1 aliphatic rings. The molecule has 7 heteroatoms. The molecule has 0 aliphatic carbocycles. The van der Waals surface area contributed by atoms with Crippen LogP contribution in [0.25, 0.3) is 10.4 Å². The Balaban J connectivity index is 1.67. The molecule has 29 heavy (non-hydrogen) atoms. The van der Waals surface area contributed by atoms with Gasteiger partial charge in [-0.2, -0.15) is 0 Å². The number of hydrogen-bond acceptors (Lipinski definition) is 5. The van der Waals surface area contributed by atoms with E-state index < -0.39 is 12.0 Å². The van der Waals surface area contributed by atoms with Crippen LogP contribution in [0.5, 0.6) is 0 Å². The number of carbonyl (C=O) groups excluding carboxylic acids is 1. The van der Waals surface area contributed by atoms with E-state index in [1.165, 1.54) is 0 Å². The minimum atomic E-state index is -0.459. The fraction of sp³-hybridized carbons (Fsp3) is 0.409. The lowest BCUT2D eigenvalue weighted by Crippen LogP contribution is -2.54. The third-order valence-electron chi connectivity index (χ3n) is 5.17. The molecule has 1 saturated heterocycles. The van der Waals surface area contributed by atoms with Crippen LogP contribution in [0.2, 0.25) is 0 Å². The molecule has 0 aromatic heterocycles. The van der Waals surface area contributed by atoms with E-state index >= 15 is 0 Å². The number of rotatable bonds is 7. The van der Waals surface area contributed by atoms with E-state index in [9.17, 15) is 4.79 Å². The van der Waals surface area contributed by atoms with E-state index in [1.54, 1.807) is 24.3 Å². The Labute approximate surface area is 170 Å². The van der Waals surface area contributed by atoms with Crippen LogP contribution in [0.4, 0.5) is 0 Å². The van der Waals surface area contributed by atoms with Crippen LogP contribution in [0, 0.1) is 5.92 Å². The van der Waals surface area contributed by atoms with Gasteiger partial charge < -0.3 is 14.2 Å². The highest BCUT2D eigenvalue weighted by Gasteiger charge is 2.42. The smallest absolute Gasteiger partial charge is 0.338 e. The van der Waals surface area contributed by atoms with Gasteiger partial charge in [-0.1, -0.05) is 60.6 Å². The van der Waals surface area contributed by atoms with Gasteiger partial charge in [0.15, 0.2) is 0 Å². The van der Waals surface area contributed by atoms with Crippen molar-refractivity contribution < 1.29 is 19.0 Å². The third-order valence-corrected chi connectivity index (χ3v) is 5.17. The van der Waals surface area contributed by atoms with E-state index in [0.29, 0.717) is 12.2 Å². The Morgan fingerprint density at radius 3 is 2.41 bits per heavy atom. The van der Waals surface area contributed by atoms with E-state index in [-0.39, 0.29) is 30.8 Å². The molecule has 2 aromatic rings. The molecule has 0 spiro atoms. The lowest BCUT2D eigenvalue weighted by atomic mass is 9.87. The van der Waals surface area contributed by atoms with E-state index in [2.05, 4.69) is 10.0 Å².